The van der Waals surface area contributed by atoms with Crippen molar-refractivity contribution in [2.45, 2.75) is 13.8 Å². The number of benzene rings is 1. The molecule has 6 nitrogen and oxygen atoms in total. The number of halogens is 1. The lowest BCUT2D eigenvalue weighted by molar-refractivity contribution is -0.145. The molecule has 21 heavy (non-hydrogen) atoms. The minimum absolute atomic E-state index is 0.0770. The van der Waals surface area contributed by atoms with Crippen LogP contribution in [0.4, 0.5) is 10.1 Å². The quantitative estimate of drug-likeness (QED) is 0.810. The smallest absolute Gasteiger partial charge is 0.337 e. The van der Waals surface area contributed by atoms with Gasteiger partial charge in [-0.05, 0) is 18.2 Å². The summed E-state index contributed by atoms with van der Waals surface area (Å²) in [4.78, 5) is 34.1. The van der Waals surface area contributed by atoms with Crippen molar-refractivity contribution in [1.29, 1.82) is 0 Å². The molecule has 0 aliphatic carbocycles. The van der Waals surface area contributed by atoms with Gasteiger partial charge >= 0.3 is 11.9 Å². The van der Waals surface area contributed by atoms with Crippen LogP contribution in [-0.2, 0) is 14.3 Å². The summed E-state index contributed by atoms with van der Waals surface area (Å²) in [6.07, 6.45) is 0. The van der Waals surface area contributed by atoms with Gasteiger partial charge in [0.05, 0.1) is 24.3 Å². The summed E-state index contributed by atoms with van der Waals surface area (Å²) in [5.41, 5.74) is -0.125. The highest BCUT2D eigenvalue weighted by atomic mass is 19.1. The van der Waals surface area contributed by atoms with Crippen LogP contribution >= 0.6 is 0 Å². The predicted octanol–water partition coefficient (Wildman–Crippen LogP) is 1.91. The number of amides is 1. The van der Waals surface area contributed by atoms with Crippen LogP contribution < -0.4 is 5.32 Å². The summed E-state index contributed by atoms with van der Waals surface area (Å²) in [6, 6.07) is 3.38. The molecule has 1 rings (SSSR count). The van der Waals surface area contributed by atoms with E-state index in [0.717, 1.165) is 12.1 Å². The topological polar surface area (TPSA) is 92.7 Å². The second kappa shape index (κ2) is 6.83. The number of aliphatic carboxylic acids is 1. The van der Waals surface area contributed by atoms with E-state index in [1.165, 1.54) is 27.0 Å². The highest BCUT2D eigenvalue weighted by molar-refractivity contribution is 5.96. The van der Waals surface area contributed by atoms with Crippen molar-refractivity contribution < 1.29 is 28.6 Å². The number of carboxylic acids is 1. The normalized spacial score (nSPS) is 13.1. The number of carbonyl (C=O) groups excluding carboxylic acids is 2. The van der Waals surface area contributed by atoms with Gasteiger partial charge in [0.15, 0.2) is 0 Å². The zero-order valence-corrected chi connectivity index (χ0v) is 11.8. The van der Waals surface area contributed by atoms with Crippen molar-refractivity contribution in [3.8, 4) is 0 Å². The number of hydrogen-bond acceptors (Lipinski definition) is 4. The number of methoxy groups -OCH3 is 1. The Bertz CT molecular complexity index is 572. The maximum atomic E-state index is 13.6. The van der Waals surface area contributed by atoms with Gasteiger partial charge in [0, 0.05) is 5.92 Å². The first-order valence-corrected chi connectivity index (χ1v) is 6.19. The number of ether oxygens (including phenoxy) is 1. The molecule has 0 spiro atoms. The lowest BCUT2D eigenvalue weighted by Gasteiger charge is -2.16. The van der Waals surface area contributed by atoms with Gasteiger partial charge in [-0.3, -0.25) is 9.59 Å². The van der Waals surface area contributed by atoms with Crippen molar-refractivity contribution in [2.75, 3.05) is 12.4 Å². The van der Waals surface area contributed by atoms with Gasteiger partial charge in [-0.1, -0.05) is 13.8 Å². The Labute approximate surface area is 120 Å². The van der Waals surface area contributed by atoms with Crippen molar-refractivity contribution in [3.05, 3.63) is 29.6 Å². The molecule has 1 amide bonds. The fraction of sp³-hybridized carbons (Fsp3) is 0.357. The number of nitrogens with one attached hydrogen (secondary N) is 1. The molecule has 2 N–H and O–H groups in total. The van der Waals surface area contributed by atoms with Gasteiger partial charge in [0.25, 0.3) is 0 Å². The summed E-state index contributed by atoms with van der Waals surface area (Å²) in [5, 5.41) is 11.1. The van der Waals surface area contributed by atoms with E-state index >= 15 is 0 Å². The van der Waals surface area contributed by atoms with Gasteiger partial charge in [0.2, 0.25) is 5.91 Å². The molecule has 0 aliphatic heterocycles. The zero-order chi connectivity index (χ0) is 16.2. The van der Waals surface area contributed by atoms with E-state index in [-0.39, 0.29) is 11.3 Å². The fourth-order valence-corrected chi connectivity index (χ4v) is 1.55. The Kier molecular flexibility index (Phi) is 5.40. The Morgan fingerprint density at radius 1 is 1.24 bits per heavy atom. The standard InChI is InChI=1S/C14H16FNO5/c1-7(8(2)13(18)19)12(17)16-11-6-9(14(20)21-3)4-5-10(11)15/h4-8H,1-3H3,(H,16,17)(H,18,19). The second-order valence-corrected chi connectivity index (χ2v) is 4.59. The number of esters is 1. The molecule has 0 saturated heterocycles. The van der Waals surface area contributed by atoms with Gasteiger partial charge in [-0.25, -0.2) is 9.18 Å². The first-order valence-electron chi connectivity index (χ1n) is 6.19. The third-order valence-electron chi connectivity index (χ3n) is 3.20. The van der Waals surface area contributed by atoms with Gasteiger partial charge in [0.1, 0.15) is 5.82 Å². The van der Waals surface area contributed by atoms with Gasteiger partial charge in [-0.15, -0.1) is 0 Å². The highest BCUT2D eigenvalue weighted by Crippen LogP contribution is 2.20. The average molecular weight is 297 g/mol. The minimum atomic E-state index is -1.12. The van der Waals surface area contributed by atoms with Crippen molar-refractivity contribution in [2.24, 2.45) is 11.8 Å². The summed E-state index contributed by atoms with van der Waals surface area (Å²) < 4.78 is 18.1. The number of anilines is 1. The molecule has 114 valence electrons. The van der Waals surface area contributed by atoms with Crippen LogP contribution in [0.1, 0.15) is 24.2 Å². The minimum Gasteiger partial charge on any atom is -0.481 e. The molecule has 0 saturated carbocycles. The summed E-state index contributed by atoms with van der Waals surface area (Å²) in [5.74, 6) is -4.95. The monoisotopic (exact) mass is 297 g/mol. The van der Waals surface area contributed by atoms with Crippen molar-refractivity contribution >= 4 is 23.5 Å². The van der Waals surface area contributed by atoms with E-state index < -0.39 is 35.5 Å². The first kappa shape index (κ1) is 16.6. The molecule has 1 aromatic carbocycles. The molecule has 7 heteroatoms. The van der Waals surface area contributed by atoms with Crippen LogP contribution in [0.5, 0.6) is 0 Å². The van der Waals surface area contributed by atoms with E-state index in [1.807, 2.05) is 0 Å². The number of carbonyl (C=O) groups is 3. The summed E-state index contributed by atoms with van der Waals surface area (Å²) >= 11 is 0. The number of hydrogen-bond donors (Lipinski definition) is 2. The second-order valence-electron chi connectivity index (χ2n) is 4.59. The Morgan fingerprint density at radius 2 is 1.86 bits per heavy atom. The molecule has 0 fully saturated rings. The fourth-order valence-electron chi connectivity index (χ4n) is 1.55. The molecule has 0 bridgehead atoms. The van der Waals surface area contributed by atoms with E-state index in [4.69, 9.17) is 5.11 Å². The maximum Gasteiger partial charge on any atom is 0.337 e. The number of rotatable bonds is 5. The third kappa shape index (κ3) is 4.01. The number of carboxylic acid groups (broad SMARTS) is 1. The lowest BCUT2D eigenvalue weighted by Crippen LogP contribution is -2.30. The molecule has 2 atom stereocenters. The first-order chi connectivity index (χ1) is 9.77. The summed E-state index contributed by atoms with van der Waals surface area (Å²) in [7, 11) is 1.18. The largest absolute Gasteiger partial charge is 0.481 e. The zero-order valence-electron chi connectivity index (χ0n) is 11.8. The van der Waals surface area contributed by atoms with Crippen LogP contribution in [0.25, 0.3) is 0 Å². The van der Waals surface area contributed by atoms with Gasteiger partial charge in [-0.2, -0.15) is 0 Å². The molecule has 0 heterocycles. The van der Waals surface area contributed by atoms with E-state index in [0.29, 0.717) is 0 Å². The van der Waals surface area contributed by atoms with Crippen LogP contribution in [-0.4, -0.2) is 30.1 Å². The van der Waals surface area contributed by atoms with Crippen molar-refractivity contribution in [3.63, 3.8) is 0 Å². The predicted molar refractivity (Wildman–Crippen MR) is 72.3 cm³/mol. The van der Waals surface area contributed by atoms with Gasteiger partial charge < -0.3 is 15.2 Å². The van der Waals surface area contributed by atoms with E-state index in [2.05, 4.69) is 10.1 Å². The lowest BCUT2D eigenvalue weighted by atomic mass is 9.95. The molecule has 0 radical (unpaired) electrons. The van der Waals surface area contributed by atoms with Crippen LogP contribution in [0.2, 0.25) is 0 Å². The van der Waals surface area contributed by atoms with Crippen molar-refractivity contribution in [1.82, 2.24) is 0 Å². The average Bonchev–Trinajstić information content (AvgIpc) is 2.46. The van der Waals surface area contributed by atoms with Crippen LogP contribution in [0.3, 0.4) is 0 Å². The summed E-state index contributed by atoms with van der Waals surface area (Å²) in [6.45, 7) is 2.81. The SMILES string of the molecule is COC(=O)c1ccc(F)c(NC(=O)C(C)C(C)C(=O)O)c1. The molecule has 0 aliphatic rings. The highest BCUT2D eigenvalue weighted by Gasteiger charge is 2.26. The Hall–Kier alpha value is -2.44. The van der Waals surface area contributed by atoms with E-state index in [1.54, 1.807) is 0 Å². The Morgan fingerprint density at radius 3 is 2.38 bits per heavy atom. The molecular formula is C14H16FNO5. The molecule has 0 aromatic heterocycles. The third-order valence-corrected chi connectivity index (χ3v) is 3.20. The molecular weight excluding hydrogens is 281 g/mol. The van der Waals surface area contributed by atoms with E-state index in [9.17, 15) is 18.8 Å². The Balaban J connectivity index is 2.94. The van der Waals surface area contributed by atoms with Crippen LogP contribution in [0, 0.1) is 17.7 Å². The molecule has 1 aromatic rings. The van der Waals surface area contributed by atoms with Crippen LogP contribution in [0.15, 0.2) is 18.2 Å². The maximum absolute atomic E-state index is 13.6. The molecule has 2 unspecified atom stereocenters.